The fraction of sp³-hybridized carbons (Fsp3) is 0.375. The van der Waals surface area contributed by atoms with Gasteiger partial charge in [-0.15, -0.1) is 0 Å². The van der Waals surface area contributed by atoms with Crippen molar-refractivity contribution in [2.45, 2.75) is 13.3 Å². The molecule has 1 fully saturated rings. The summed E-state index contributed by atoms with van der Waals surface area (Å²) in [4.78, 5) is 19.0. The normalized spacial score (nSPS) is 22.4. The molecule has 1 amide bonds. The first-order valence-corrected chi connectivity index (χ1v) is 6.96. The Balaban J connectivity index is 1.94. The van der Waals surface area contributed by atoms with Gasteiger partial charge in [0.15, 0.2) is 0 Å². The Morgan fingerprint density at radius 3 is 2.95 bits per heavy atom. The number of likely N-dealkylation sites (tertiary alicyclic amines) is 1. The van der Waals surface area contributed by atoms with Crippen LogP contribution >= 0.6 is 0 Å². The number of hydrogen-bond acceptors (Lipinski definition) is 3. The lowest BCUT2D eigenvalue weighted by molar-refractivity contribution is 0.0778. The van der Waals surface area contributed by atoms with Crippen LogP contribution in [0, 0.1) is 5.41 Å². The first kappa shape index (κ1) is 13.1. The van der Waals surface area contributed by atoms with Crippen molar-refractivity contribution < 1.29 is 4.79 Å². The molecule has 2 N–H and O–H groups in total. The summed E-state index contributed by atoms with van der Waals surface area (Å²) in [7, 11) is 0. The minimum absolute atomic E-state index is 0.0493. The van der Waals surface area contributed by atoms with Gasteiger partial charge in [-0.05, 0) is 30.5 Å². The molecule has 1 aliphatic heterocycles. The van der Waals surface area contributed by atoms with Crippen molar-refractivity contribution in [3.8, 4) is 0 Å². The molecule has 0 spiro atoms. The van der Waals surface area contributed by atoms with Gasteiger partial charge in [-0.25, -0.2) is 0 Å². The van der Waals surface area contributed by atoms with Crippen LogP contribution in [0.5, 0.6) is 0 Å². The Morgan fingerprint density at radius 2 is 2.20 bits per heavy atom. The third-order valence-corrected chi connectivity index (χ3v) is 4.20. The molecule has 1 aliphatic rings. The number of rotatable bonds is 2. The van der Waals surface area contributed by atoms with Crippen molar-refractivity contribution in [2.75, 3.05) is 19.6 Å². The van der Waals surface area contributed by atoms with Gasteiger partial charge in [-0.3, -0.25) is 9.78 Å². The van der Waals surface area contributed by atoms with Gasteiger partial charge >= 0.3 is 0 Å². The zero-order chi connectivity index (χ0) is 14.2. The third kappa shape index (κ3) is 2.16. The summed E-state index contributed by atoms with van der Waals surface area (Å²) < 4.78 is 0. The van der Waals surface area contributed by atoms with Gasteiger partial charge in [0.25, 0.3) is 5.91 Å². The average molecular weight is 269 g/mol. The second kappa shape index (κ2) is 4.87. The number of aromatic nitrogens is 1. The number of amides is 1. The van der Waals surface area contributed by atoms with Crippen LogP contribution in [0.25, 0.3) is 10.9 Å². The highest BCUT2D eigenvalue weighted by Gasteiger charge is 2.35. The molecular formula is C16H19N3O. The maximum Gasteiger partial charge on any atom is 0.256 e. The molecule has 20 heavy (non-hydrogen) atoms. The second-order valence-electron chi connectivity index (χ2n) is 5.87. The summed E-state index contributed by atoms with van der Waals surface area (Å²) in [6, 6.07) is 9.61. The molecule has 2 aromatic rings. The van der Waals surface area contributed by atoms with Crippen molar-refractivity contribution in [3.63, 3.8) is 0 Å². The summed E-state index contributed by atoms with van der Waals surface area (Å²) in [5, 5.41) is 0.999. The van der Waals surface area contributed by atoms with Crippen LogP contribution in [0.1, 0.15) is 23.7 Å². The topological polar surface area (TPSA) is 59.2 Å². The van der Waals surface area contributed by atoms with Crippen LogP contribution in [0.3, 0.4) is 0 Å². The summed E-state index contributed by atoms with van der Waals surface area (Å²) in [5.41, 5.74) is 7.32. The van der Waals surface area contributed by atoms with E-state index in [1.165, 1.54) is 0 Å². The molecule has 1 unspecified atom stereocenters. The Labute approximate surface area is 118 Å². The molecule has 0 aliphatic carbocycles. The van der Waals surface area contributed by atoms with Crippen LogP contribution < -0.4 is 5.73 Å². The predicted octanol–water partition coefficient (Wildman–Crippen LogP) is 2.05. The lowest BCUT2D eigenvalue weighted by atomic mass is 9.90. The number of fused-ring (bicyclic) bond motifs is 1. The van der Waals surface area contributed by atoms with E-state index in [1.54, 1.807) is 6.20 Å². The number of nitrogens with zero attached hydrogens (tertiary/aromatic N) is 2. The molecule has 0 radical (unpaired) electrons. The summed E-state index contributed by atoms with van der Waals surface area (Å²) >= 11 is 0. The van der Waals surface area contributed by atoms with Gasteiger partial charge in [0.05, 0.1) is 11.1 Å². The summed E-state index contributed by atoms with van der Waals surface area (Å²) in [5.74, 6) is 0.0616. The van der Waals surface area contributed by atoms with Gasteiger partial charge in [-0.2, -0.15) is 0 Å². The van der Waals surface area contributed by atoms with E-state index in [2.05, 4.69) is 11.9 Å². The first-order valence-electron chi connectivity index (χ1n) is 6.96. The van der Waals surface area contributed by atoms with E-state index in [0.717, 1.165) is 30.4 Å². The molecule has 4 heteroatoms. The second-order valence-corrected chi connectivity index (χ2v) is 5.87. The summed E-state index contributed by atoms with van der Waals surface area (Å²) in [6.45, 7) is 4.26. The molecule has 0 saturated carbocycles. The van der Waals surface area contributed by atoms with E-state index in [1.807, 2.05) is 35.2 Å². The van der Waals surface area contributed by atoms with Crippen molar-refractivity contribution in [2.24, 2.45) is 11.1 Å². The highest BCUT2D eigenvalue weighted by Crippen LogP contribution is 2.30. The van der Waals surface area contributed by atoms with Gasteiger partial charge < -0.3 is 10.6 Å². The fourth-order valence-corrected chi connectivity index (χ4v) is 2.81. The highest BCUT2D eigenvalue weighted by atomic mass is 16.2. The monoisotopic (exact) mass is 269 g/mol. The standard InChI is InChI=1S/C16H19N3O/c1-16(10-17)7-9-19(11-16)15(20)13-6-2-4-12-5-3-8-18-14(12)13/h2-6,8H,7,9-11,17H2,1H3. The minimum Gasteiger partial charge on any atom is -0.338 e. The average Bonchev–Trinajstić information content (AvgIpc) is 2.89. The van der Waals surface area contributed by atoms with Crippen LogP contribution in [0.4, 0.5) is 0 Å². The predicted molar refractivity (Wildman–Crippen MR) is 79.4 cm³/mol. The Hall–Kier alpha value is -1.94. The van der Waals surface area contributed by atoms with Crippen LogP contribution in [-0.2, 0) is 0 Å². The molecular weight excluding hydrogens is 250 g/mol. The van der Waals surface area contributed by atoms with Gasteiger partial charge in [-0.1, -0.05) is 25.1 Å². The quantitative estimate of drug-likeness (QED) is 0.907. The summed E-state index contributed by atoms with van der Waals surface area (Å²) in [6.07, 6.45) is 2.69. The molecule has 104 valence electrons. The number of pyridine rings is 1. The van der Waals surface area contributed by atoms with E-state index in [4.69, 9.17) is 5.73 Å². The number of para-hydroxylation sites is 1. The smallest absolute Gasteiger partial charge is 0.256 e. The largest absolute Gasteiger partial charge is 0.338 e. The van der Waals surface area contributed by atoms with Crippen molar-refractivity contribution in [1.29, 1.82) is 0 Å². The van der Waals surface area contributed by atoms with Crippen LogP contribution in [-0.4, -0.2) is 35.4 Å². The molecule has 3 rings (SSSR count). The first-order chi connectivity index (χ1) is 9.63. The number of hydrogen-bond donors (Lipinski definition) is 1. The maximum atomic E-state index is 12.7. The lowest BCUT2D eigenvalue weighted by Gasteiger charge is -2.22. The van der Waals surface area contributed by atoms with E-state index < -0.39 is 0 Å². The molecule has 0 bridgehead atoms. The van der Waals surface area contributed by atoms with Gasteiger partial charge in [0.1, 0.15) is 0 Å². The number of carbonyl (C=O) groups excluding carboxylic acids is 1. The maximum absolute atomic E-state index is 12.7. The minimum atomic E-state index is 0.0493. The lowest BCUT2D eigenvalue weighted by Crippen LogP contribution is -2.34. The molecule has 1 aromatic heterocycles. The van der Waals surface area contributed by atoms with E-state index in [0.29, 0.717) is 12.1 Å². The van der Waals surface area contributed by atoms with Crippen molar-refractivity contribution in [1.82, 2.24) is 9.88 Å². The Morgan fingerprint density at radius 1 is 1.40 bits per heavy atom. The Kier molecular flexibility index (Phi) is 3.18. The van der Waals surface area contributed by atoms with Crippen LogP contribution in [0.2, 0.25) is 0 Å². The zero-order valence-corrected chi connectivity index (χ0v) is 11.7. The van der Waals surface area contributed by atoms with E-state index >= 15 is 0 Å². The molecule has 1 aromatic carbocycles. The third-order valence-electron chi connectivity index (χ3n) is 4.20. The number of nitrogens with two attached hydrogens (primary N) is 1. The molecule has 1 saturated heterocycles. The Bertz CT molecular complexity index is 650. The molecule has 2 heterocycles. The fourth-order valence-electron chi connectivity index (χ4n) is 2.81. The molecule has 1 atom stereocenters. The van der Waals surface area contributed by atoms with Gasteiger partial charge in [0.2, 0.25) is 0 Å². The number of carbonyl (C=O) groups is 1. The SMILES string of the molecule is CC1(CN)CCN(C(=O)c2cccc3cccnc23)C1. The number of benzene rings is 1. The highest BCUT2D eigenvalue weighted by molar-refractivity contribution is 6.05. The van der Waals surface area contributed by atoms with E-state index in [9.17, 15) is 4.79 Å². The zero-order valence-electron chi connectivity index (χ0n) is 11.7. The molecule has 4 nitrogen and oxygen atoms in total. The van der Waals surface area contributed by atoms with Crippen molar-refractivity contribution in [3.05, 3.63) is 42.1 Å². The van der Waals surface area contributed by atoms with E-state index in [-0.39, 0.29) is 11.3 Å². The van der Waals surface area contributed by atoms with Gasteiger partial charge in [0, 0.05) is 24.7 Å². The van der Waals surface area contributed by atoms with Crippen molar-refractivity contribution >= 4 is 16.8 Å². The van der Waals surface area contributed by atoms with Crippen LogP contribution in [0.15, 0.2) is 36.5 Å².